The van der Waals surface area contributed by atoms with Crippen LogP contribution in [0.3, 0.4) is 0 Å². The maximum Gasteiger partial charge on any atom is 0.264 e. The normalized spacial score (nSPS) is 17.2. The average Bonchev–Trinajstić information content (AvgIpc) is 2.94. The fourth-order valence-corrected chi connectivity index (χ4v) is 5.11. The summed E-state index contributed by atoms with van der Waals surface area (Å²) in [6.45, 7) is 10.6. The number of aliphatic imine (C=N–C) groups is 1. The van der Waals surface area contributed by atoms with Crippen molar-refractivity contribution < 1.29 is 8.42 Å². The Kier molecular flexibility index (Phi) is 7.10. The number of hydrogen-bond donors (Lipinski definition) is 1. The molecule has 2 aromatic carbocycles. The monoisotopic (exact) mass is 425 g/mol. The summed E-state index contributed by atoms with van der Waals surface area (Å²) in [5.74, 6) is 0.463. The Morgan fingerprint density at radius 2 is 1.67 bits per heavy atom. The van der Waals surface area contributed by atoms with E-state index in [-0.39, 0.29) is 0 Å². The van der Waals surface area contributed by atoms with Crippen molar-refractivity contribution in [3.63, 3.8) is 0 Å². The Morgan fingerprint density at radius 3 is 2.30 bits per heavy atom. The van der Waals surface area contributed by atoms with Crippen molar-refractivity contribution in [2.75, 3.05) is 13.1 Å². The summed E-state index contributed by atoms with van der Waals surface area (Å²) in [4.78, 5) is 7.31. The Bertz CT molecular complexity index is 1020. The second kappa shape index (κ2) is 9.58. The molecule has 0 atom stereocenters. The third-order valence-corrected chi connectivity index (χ3v) is 6.88. The first kappa shape index (κ1) is 22.2. The molecule has 1 aliphatic heterocycles. The molecule has 0 unspecified atom stereocenters. The van der Waals surface area contributed by atoms with E-state index < -0.39 is 10.0 Å². The molecule has 0 fully saturated rings. The zero-order chi connectivity index (χ0) is 21.7. The highest BCUT2D eigenvalue weighted by atomic mass is 32.2. The quantitative estimate of drug-likeness (QED) is 0.639. The van der Waals surface area contributed by atoms with E-state index in [1.807, 2.05) is 44.2 Å². The summed E-state index contributed by atoms with van der Waals surface area (Å²) in [5.41, 5.74) is 3.77. The molecule has 1 heterocycles. The summed E-state index contributed by atoms with van der Waals surface area (Å²) in [6, 6.07) is 18.4. The van der Waals surface area contributed by atoms with Crippen LogP contribution in [0.25, 0.3) is 4.91 Å². The number of benzene rings is 2. The number of nitrogens with one attached hydrogen (secondary N) is 1. The highest BCUT2D eigenvalue weighted by Crippen LogP contribution is 2.29. The third-order valence-electron chi connectivity index (χ3n) is 5.34. The molecule has 0 saturated carbocycles. The minimum atomic E-state index is -3.57. The summed E-state index contributed by atoms with van der Waals surface area (Å²) in [6.07, 6.45) is 0.864. The fourth-order valence-electron chi connectivity index (χ4n) is 3.59. The lowest BCUT2D eigenvalue weighted by Crippen LogP contribution is -2.31. The van der Waals surface area contributed by atoms with Gasteiger partial charge in [0, 0.05) is 31.2 Å². The van der Waals surface area contributed by atoms with Crippen molar-refractivity contribution in [2.45, 2.75) is 46.7 Å². The zero-order valence-electron chi connectivity index (χ0n) is 18.2. The molecule has 3 rings (SSSR count). The molecule has 5 nitrogen and oxygen atoms in total. The lowest BCUT2D eigenvalue weighted by atomic mass is 10.1. The number of amidine groups is 1. The van der Waals surface area contributed by atoms with E-state index in [9.17, 15) is 8.42 Å². The molecule has 1 aliphatic rings. The molecule has 2 aromatic rings. The van der Waals surface area contributed by atoms with Crippen LogP contribution < -0.4 is 4.72 Å². The summed E-state index contributed by atoms with van der Waals surface area (Å²) in [5, 5.41) is 0. The summed E-state index contributed by atoms with van der Waals surface area (Å²) < 4.78 is 27.9. The summed E-state index contributed by atoms with van der Waals surface area (Å²) in [7, 11) is -3.57. The van der Waals surface area contributed by atoms with E-state index in [1.54, 1.807) is 0 Å². The third kappa shape index (κ3) is 5.37. The van der Waals surface area contributed by atoms with E-state index in [1.165, 1.54) is 5.56 Å². The van der Waals surface area contributed by atoms with Crippen LogP contribution in [0.2, 0.25) is 0 Å². The van der Waals surface area contributed by atoms with Gasteiger partial charge in [-0.2, -0.15) is 0 Å². The first-order valence-corrected chi connectivity index (χ1v) is 11.9. The van der Waals surface area contributed by atoms with Gasteiger partial charge in [-0.05, 0) is 45.2 Å². The van der Waals surface area contributed by atoms with Crippen LogP contribution in [-0.4, -0.2) is 38.3 Å². The van der Waals surface area contributed by atoms with Gasteiger partial charge >= 0.3 is 0 Å². The predicted molar refractivity (Wildman–Crippen MR) is 125 cm³/mol. The number of sulfonamides is 1. The van der Waals surface area contributed by atoms with Gasteiger partial charge in [0.25, 0.3) is 10.0 Å². The molecule has 0 aliphatic carbocycles. The number of nitrogens with zero attached hydrogens (tertiary/aromatic N) is 2. The molecule has 0 aromatic heterocycles. The highest BCUT2D eigenvalue weighted by Gasteiger charge is 2.32. The largest absolute Gasteiger partial charge is 0.297 e. The minimum absolute atomic E-state index is 0.328. The molecule has 160 valence electrons. The van der Waals surface area contributed by atoms with E-state index >= 15 is 0 Å². The number of rotatable bonds is 8. The van der Waals surface area contributed by atoms with Crippen molar-refractivity contribution in [2.24, 2.45) is 4.99 Å². The van der Waals surface area contributed by atoms with Crippen molar-refractivity contribution in [1.82, 2.24) is 9.62 Å². The van der Waals surface area contributed by atoms with Crippen LogP contribution in [0.15, 0.2) is 65.2 Å². The lowest BCUT2D eigenvalue weighted by molar-refractivity contribution is 0.211. The molecule has 0 amide bonds. The molecular weight excluding hydrogens is 394 g/mol. The molecule has 0 radical (unpaired) electrons. The molecule has 30 heavy (non-hydrogen) atoms. The van der Waals surface area contributed by atoms with E-state index in [4.69, 9.17) is 0 Å². The van der Waals surface area contributed by atoms with Gasteiger partial charge in [0.05, 0.1) is 0 Å². The summed E-state index contributed by atoms with van der Waals surface area (Å²) >= 11 is 0. The van der Waals surface area contributed by atoms with E-state index in [2.05, 4.69) is 52.7 Å². The Morgan fingerprint density at radius 1 is 1.00 bits per heavy atom. The molecule has 0 bridgehead atoms. The topological polar surface area (TPSA) is 61.8 Å². The van der Waals surface area contributed by atoms with Crippen molar-refractivity contribution in [3.05, 3.63) is 76.9 Å². The van der Waals surface area contributed by atoms with Crippen LogP contribution in [0.4, 0.5) is 0 Å². The maximum atomic E-state index is 12.6. The zero-order valence-corrected chi connectivity index (χ0v) is 19.0. The fraction of sp³-hybridized carbons (Fsp3) is 0.375. The molecule has 0 spiro atoms. The molecule has 1 N–H and O–H groups in total. The number of hydrogen-bond acceptors (Lipinski definition) is 4. The molecular formula is C24H31N3O2S. The SMILES string of the molecule is CC1=C(c2ccc(C)cc2)S(=O)(=O)NC1=NCCCN(Cc1ccccc1)C(C)C. The molecule has 0 saturated heterocycles. The van der Waals surface area contributed by atoms with Gasteiger partial charge in [0.1, 0.15) is 10.7 Å². The van der Waals surface area contributed by atoms with Crippen LogP contribution in [0.5, 0.6) is 0 Å². The van der Waals surface area contributed by atoms with Crippen molar-refractivity contribution >= 4 is 20.8 Å². The van der Waals surface area contributed by atoms with Crippen molar-refractivity contribution in [1.29, 1.82) is 0 Å². The smallest absolute Gasteiger partial charge is 0.264 e. The maximum absolute atomic E-state index is 12.6. The minimum Gasteiger partial charge on any atom is -0.297 e. The van der Waals surface area contributed by atoms with Crippen LogP contribution >= 0.6 is 0 Å². The Labute approximate surface area is 180 Å². The van der Waals surface area contributed by atoms with Gasteiger partial charge in [0.2, 0.25) is 0 Å². The van der Waals surface area contributed by atoms with Gasteiger partial charge in [-0.25, -0.2) is 8.42 Å². The molecule has 6 heteroatoms. The van der Waals surface area contributed by atoms with Crippen LogP contribution in [0.1, 0.15) is 43.9 Å². The number of aryl methyl sites for hydroxylation is 1. The highest BCUT2D eigenvalue weighted by molar-refractivity contribution is 8.00. The van der Waals surface area contributed by atoms with Gasteiger partial charge in [-0.3, -0.25) is 14.6 Å². The predicted octanol–water partition coefficient (Wildman–Crippen LogP) is 4.36. The standard InChI is InChI=1S/C24H31N3O2S/c1-18(2)27(17-21-9-6-5-7-10-21)16-8-15-25-24-20(4)23(30(28,29)26-24)22-13-11-19(3)12-14-22/h5-7,9-14,18H,8,15-17H2,1-4H3,(H,25,26). The first-order valence-electron chi connectivity index (χ1n) is 10.4. The van der Waals surface area contributed by atoms with E-state index in [0.717, 1.165) is 25.1 Å². The van der Waals surface area contributed by atoms with E-state index in [0.29, 0.717) is 34.5 Å². The van der Waals surface area contributed by atoms with Gasteiger partial charge in [-0.1, -0.05) is 60.2 Å². The Balaban J connectivity index is 1.66. The van der Waals surface area contributed by atoms with Gasteiger partial charge < -0.3 is 0 Å². The first-order chi connectivity index (χ1) is 14.3. The van der Waals surface area contributed by atoms with Crippen LogP contribution in [0, 0.1) is 6.92 Å². The van der Waals surface area contributed by atoms with Gasteiger partial charge in [-0.15, -0.1) is 0 Å². The lowest BCUT2D eigenvalue weighted by Gasteiger charge is -2.26. The van der Waals surface area contributed by atoms with Crippen molar-refractivity contribution in [3.8, 4) is 0 Å². The Hall–Kier alpha value is -2.44. The van der Waals surface area contributed by atoms with Gasteiger partial charge in [0.15, 0.2) is 0 Å². The van der Waals surface area contributed by atoms with Crippen LogP contribution in [-0.2, 0) is 16.6 Å². The second-order valence-corrected chi connectivity index (χ2v) is 9.68. The average molecular weight is 426 g/mol. The second-order valence-electron chi connectivity index (χ2n) is 8.06.